The van der Waals surface area contributed by atoms with Gasteiger partial charge in [0.05, 0.1) is 16.0 Å². The first-order valence-corrected chi connectivity index (χ1v) is 13.7. The zero-order chi connectivity index (χ0) is 25.8. The molecule has 2 aliphatic rings. The van der Waals surface area contributed by atoms with E-state index in [9.17, 15) is 14.4 Å². The van der Waals surface area contributed by atoms with E-state index < -0.39 is 11.1 Å². The highest BCUT2D eigenvalue weighted by Gasteiger charge is 2.37. The summed E-state index contributed by atoms with van der Waals surface area (Å²) in [6.45, 7) is 3.52. The summed E-state index contributed by atoms with van der Waals surface area (Å²) >= 11 is 16.6. The van der Waals surface area contributed by atoms with Crippen LogP contribution < -0.4 is 9.47 Å². The van der Waals surface area contributed by atoms with E-state index in [-0.39, 0.29) is 24.0 Å². The van der Waals surface area contributed by atoms with Gasteiger partial charge in [-0.3, -0.25) is 19.3 Å². The van der Waals surface area contributed by atoms with Crippen molar-refractivity contribution in [1.82, 2.24) is 9.80 Å². The van der Waals surface area contributed by atoms with E-state index in [1.54, 1.807) is 41.3 Å². The van der Waals surface area contributed by atoms with Crippen LogP contribution in [0.1, 0.15) is 30.9 Å². The molecule has 190 valence electrons. The molecule has 36 heavy (non-hydrogen) atoms. The number of amides is 3. The minimum Gasteiger partial charge on any atom is -0.490 e. The fraction of sp³-hybridized carbons (Fsp3) is 0.320. The van der Waals surface area contributed by atoms with E-state index in [1.807, 2.05) is 6.92 Å². The van der Waals surface area contributed by atoms with Gasteiger partial charge in [-0.05, 0) is 83.4 Å². The Balaban J connectivity index is 1.52. The van der Waals surface area contributed by atoms with Crippen molar-refractivity contribution in [3.63, 3.8) is 0 Å². The smallest absolute Gasteiger partial charge is 0.294 e. The molecule has 0 bridgehead atoms. The number of carbonyl (C=O) groups excluding carboxylic acids is 3. The summed E-state index contributed by atoms with van der Waals surface area (Å²) in [6, 6.07) is 8.67. The monoisotopic (exact) mass is 612 g/mol. The maximum atomic E-state index is 12.9. The van der Waals surface area contributed by atoms with Gasteiger partial charge in [0.2, 0.25) is 5.91 Å². The third-order valence-corrected chi connectivity index (χ3v) is 7.73. The second kappa shape index (κ2) is 11.9. The zero-order valence-corrected chi connectivity index (χ0v) is 23.3. The van der Waals surface area contributed by atoms with E-state index in [0.29, 0.717) is 51.3 Å². The lowest BCUT2D eigenvalue weighted by atomic mass is 10.1. The van der Waals surface area contributed by atoms with Crippen molar-refractivity contribution >= 4 is 74.0 Å². The second-order valence-electron chi connectivity index (χ2n) is 8.14. The molecule has 4 rings (SSSR count). The average Bonchev–Trinajstić information content (AvgIpc) is 3.45. The third-order valence-electron chi connectivity index (χ3n) is 5.64. The van der Waals surface area contributed by atoms with Crippen molar-refractivity contribution in [2.75, 3.05) is 26.2 Å². The molecule has 3 amide bonds. The fourth-order valence-electron chi connectivity index (χ4n) is 3.85. The van der Waals surface area contributed by atoms with Gasteiger partial charge in [-0.25, -0.2) is 0 Å². The molecule has 0 radical (unpaired) electrons. The molecule has 0 unspecified atom stereocenters. The van der Waals surface area contributed by atoms with Crippen molar-refractivity contribution in [1.29, 1.82) is 0 Å². The quantitative estimate of drug-likeness (QED) is 0.321. The first kappa shape index (κ1) is 26.9. The number of hydrogen-bond donors (Lipinski definition) is 0. The van der Waals surface area contributed by atoms with Gasteiger partial charge in [-0.15, -0.1) is 0 Å². The molecule has 11 heteroatoms. The molecule has 7 nitrogen and oxygen atoms in total. The van der Waals surface area contributed by atoms with E-state index in [2.05, 4.69) is 15.9 Å². The van der Waals surface area contributed by atoms with Crippen LogP contribution in [-0.2, 0) is 16.2 Å². The molecule has 2 fully saturated rings. The molecular weight excluding hydrogens is 591 g/mol. The summed E-state index contributed by atoms with van der Waals surface area (Å²) < 4.78 is 12.4. The minimum atomic E-state index is -0.482. The lowest BCUT2D eigenvalue weighted by Gasteiger charge is -2.18. The highest BCUT2D eigenvalue weighted by molar-refractivity contribution is 9.10. The van der Waals surface area contributed by atoms with Gasteiger partial charge in [0.25, 0.3) is 11.1 Å². The van der Waals surface area contributed by atoms with Crippen molar-refractivity contribution in [2.45, 2.75) is 26.4 Å². The summed E-state index contributed by atoms with van der Waals surface area (Å²) in [5.41, 5.74) is 1.40. The second-order valence-corrected chi connectivity index (χ2v) is 10.8. The molecule has 0 spiro atoms. The van der Waals surface area contributed by atoms with Gasteiger partial charge in [0.15, 0.2) is 11.5 Å². The number of ether oxygens (including phenoxy) is 2. The normalized spacial score (nSPS) is 16.8. The summed E-state index contributed by atoms with van der Waals surface area (Å²) in [5.74, 6) is 0.250. The van der Waals surface area contributed by atoms with Gasteiger partial charge in [0, 0.05) is 28.7 Å². The Bertz CT molecular complexity index is 1230. The van der Waals surface area contributed by atoms with E-state index in [4.69, 9.17) is 32.7 Å². The number of thioether (sulfide) groups is 1. The van der Waals surface area contributed by atoms with Crippen molar-refractivity contribution in [3.8, 4) is 11.5 Å². The molecule has 0 aromatic heterocycles. The molecule has 2 aliphatic heterocycles. The van der Waals surface area contributed by atoms with E-state index >= 15 is 0 Å². The van der Waals surface area contributed by atoms with Crippen LogP contribution >= 0.6 is 50.9 Å². The van der Waals surface area contributed by atoms with Crippen LogP contribution in [0, 0.1) is 0 Å². The van der Waals surface area contributed by atoms with Crippen LogP contribution in [-0.4, -0.2) is 53.1 Å². The zero-order valence-electron chi connectivity index (χ0n) is 19.4. The third kappa shape index (κ3) is 6.19. The number of halogens is 3. The van der Waals surface area contributed by atoms with Crippen LogP contribution in [0.3, 0.4) is 0 Å². The fourth-order valence-corrected chi connectivity index (χ4v) is 5.73. The Hall–Kier alpha value is -2.20. The number of rotatable bonds is 8. The van der Waals surface area contributed by atoms with Gasteiger partial charge >= 0.3 is 0 Å². The van der Waals surface area contributed by atoms with Gasteiger partial charge in [0.1, 0.15) is 13.2 Å². The molecule has 0 aliphatic carbocycles. The summed E-state index contributed by atoms with van der Waals surface area (Å²) in [6.07, 6.45) is 3.49. The Morgan fingerprint density at radius 3 is 2.58 bits per heavy atom. The Labute approximate surface area is 231 Å². The number of benzene rings is 2. The van der Waals surface area contributed by atoms with Crippen molar-refractivity contribution in [2.24, 2.45) is 0 Å². The Morgan fingerprint density at radius 1 is 1.14 bits per heavy atom. The molecule has 2 heterocycles. The predicted molar refractivity (Wildman–Crippen MR) is 145 cm³/mol. The Morgan fingerprint density at radius 2 is 1.89 bits per heavy atom. The molecule has 2 aromatic rings. The molecule has 0 N–H and O–H groups in total. The summed E-state index contributed by atoms with van der Waals surface area (Å²) in [7, 11) is 0. The van der Waals surface area contributed by atoms with Crippen LogP contribution in [0.15, 0.2) is 39.7 Å². The van der Waals surface area contributed by atoms with Crippen molar-refractivity contribution in [3.05, 3.63) is 60.9 Å². The van der Waals surface area contributed by atoms with E-state index in [0.717, 1.165) is 35.1 Å². The largest absolute Gasteiger partial charge is 0.490 e. The molecule has 2 saturated heterocycles. The minimum absolute atomic E-state index is 0.192. The predicted octanol–water partition coefficient (Wildman–Crippen LogP) is 6.39. The highest BCUT2D eigenvalue weighted by atomic mass is 79.9. The summed E-state index contributed by atoms with van der Waals surface area (Å²) in [5, 5.41) is 0.573. The molecule has 0 saturated carbocycles. The average molecular weight is 614 g/mol. The van der Waals surface area contributed by atoms with Gasteiger partial charge in [-0.2, -0.15) is 0 Å². The Kier molecular flexibility index (Phi) is 8.87. The maximum Gasteiger partial charge on any atom is 0.294 e. The van der Waals surface area contributed by atoms with Crippen LogP contribution in [0.25, 0.3) is 6.08 Å². The number of likely N-dealkylation sites (tertiary alicyclic amines) is 1. The first-order valence-electron chi connectivity index (χ1n) is 11.3. The topological polar surface area (TPSA) is 76.2 Å². The lowest BCUT2D eigenvalue weighted by Crippen LogP contribution is -2.40. The number of hydrogen-bond acceptors (Lipinski definition) is 6. The van der Waals surface area contributed by atoms with Crippen LogP contribution in [0.4, 0.5) is 4.79 Å². The number of carbonyl (C=O) groups is 3. The maximum absolute atomic E-state index is 12.9. The van der Waals surface area contributed by atoms with Gasteiger partial charge < -0.3 is 14.4 Å². The first-order chi connectivity index (χ1) is 17.3. The van der Waals surface area contributed by atoms with E-state index in [1.165, 1.54) is 0 Å². The van der Waals surface area contributed by atoms with Crippen LogP contribution in [0.5, 0.6) is 11.5 Å². The number of imide groups is 1. The molecule has 0 atom stereocenters. The SMILES string of the molecule is CCOc1cc(/C=C2\SC(=O)N(CC(=O)N3CCCC3)C2=O)cc(Br)c1OCc1ccc(Cl)cc1Cl. The standard InChI is InChI=1S/C25H23BrCl2N2O5S/c1-2-34-20-10-15(9-18(26)23(20)35-14-16-5-6-17(27)12-19(16)28)11-21-24(32)30(25(33)36-21)13-22(31)29-7-3-4-8-29/h5-6,9-12H,2-4,7-8,13-14H2,1H3/b21-11-. The highest BCUT2D eigenvalue weighted by Crippen LogP contribution is 2.40. The summed E-state index contributed by atoms with van der Waals surface area (Å²) in [4.78, 5) is 40.8. The van der Waals surface area contributed by atoms with Crippen molar-refractivity contribution < 1.29 is 23.9 Å². The lowest BCUT2D eigenvalue weighted by molar-refractivity contribution is -0.135. The molecular formula is C25H23BrCl2N2O5S. The number of nitrogens with zero attached hydrogens (tertiary/aromatic N) is 2. The van der Waals surface area contributed by atoms with Gasteiger partial charge in [-0.1, -0.05) is 29.3 Å². The van der Waals surface area contributed by atoms with Crippen LogP contribution in [0.2, 0.25) is 10.0 Å². The molecule has 2 aromatic carbocycles.